The summed E-state index contributed by atoms with van der Waals surface area (Å²) in [5.74, 6) is -0.408. The maximum atomic E-state index is 12.9. The highest BCUT2D eigenvalue weighted by atomic mass is 35.5. The van der Waals surface area contributed by atoms with Crippen molar-refractivity contribution in [2.75, 3.05) is 18.5 Å². The van der Waals surface area contributed by atoms with Gasteiger partial charge in [-0.15, -0.1) is 11.3 Å². The molecule has 5 nitrogen and oxygen atoms in total. The number of ether oxygens (including phenoxy) is 2. The van der Waals surface area contributed by atoms with Gasteiger partial charge in [0.2, 0.25) is 0 Å². The average molecular weight is 470 g/mol. The predicted molar refractivity (Wildman–Crippen MR) is 122 cm³/mol. The van der Waals surface area contributed by atoms with E-state index in [1.165, 1.54) is 23.5 Å². The summed E-state index contributed by atoms with van der Waals surface area (Å²) in [6.45, 7) is 4.67. The highest BCUT2D eigenvalue weighted by molar-refractivity contribution is 7.17. The first-order valence-electron chi connectivity index (χ1n) is 10.2. The number of hydrogen-bond donors (Lipinski definition) is 1. The fourth-order valence-corrected chi connectivity index (χ4v) is 5.31. The minimum atomic E-state index is -0.404. The van der Waals surface area contributed by atoms with E-state index in [9.17, 15) is 9.59 Å². The van der Waals surface area contributed by atoms with Gasteiger partial charge in [0.1, 0.15) is 5.00 Å². The molecule has 0 spiro atoms. The number of carbonyl (C=O) groups excluding carboxylic acids is 2. The molecule has 1 N–H and O–H groups in total. The monoisotopic (exact) mass is 469 g/mol. The van der Waals surface area contributed by atoms with Crippen LogP contribution in [0.15, 0.2) is 12.1 Å². The van der Waals surface area contributed by atoms with E-state index in [0.29, 0.717) is 28.5 Å². The fourth-order valence-electron chi connectivity index (χ4n) is 3.44. The molecule has 162 valence electrons. The lowest BCUT2D eigenvalue weighted by Crippen LogP contribution is -2.15. The van der Waals surface area contributed by atoms with Crippen molar-refractivity contribution in [1.29, 1.82) is 0 Å². The van der Waals surface area contributed by atoms with Gasteiger partial charge in [-0.25, -0.2) is 4.79 Å². The van der Waals surface area contributed by atoms with Gasteiger partial charge < -0.3 is 14.8 Å². The summed E-state index contributed by atoms with van der Waals surface area (Å²) in [4.78, 5) is 26.5. The SMILES string of the molecule is CCCCCOc1c(Cl)cc(C(=O)Nc2sc3c(c2C(=O)OCC)CCC3)cc1Cl. The molecule has 3 rings (SSSR count). The summed E-state index contributed by atoms with van der Waals surface area (Å²) in [5, 5.41) is 3.92. The highest BCUT2D eigenvalue weighted by Crippen LogP contribution is 2.40. The zero-order valence-corrected chi connectivity index (χ0v) is 19.4. The number of benzene rings is 1. The van der Waals surface area contributed by atoms with E-state index in [1.807, 2.05) is 0 Å². The Bertz CT molecular complexity index is 918. The zero-order chi connectivity index (χ0) is 21.7. The number of rotatable bonds is 9. The number of fused-ring (bicyclic) bond motifs is 1. The number of hydrogen-bond acceptors (Lipinski definition) is 5. The number of halogens is 2. The molecule has 1 aliphatic rings. The fraction of sp³-hybridized carbons (Fsp3) is 0.455. The first-order chi connectivity index (χ1) is 14.5. The second kappa shape index (κ2) is 10.5. The van der Waals surface area contributed by atoms with E-state index in [-0.39, 0.29) is 22.6 Å². The first kappa shape index (κ1) is 22.9. The van der Waals surface area contributed by atoms with Crippen molar-refractivity contribution in [2.24, 2.45) is 0 Å². The zero-order valence-electron chi connectivity index (χ0n) is 17.1. The number of aryl methyl sites for hydroxylation is 1. The molecular formula is C22H25Cl2NO4S. The van der Waals surface area contributed by atoms with Crippen molar-refractivity contribution >= 4 is 51.4 Å². The Balaban J connectivity index is 1.79. The van der Waals surface area contributed by atoms with Crippen molar-refractivity contribution < 1.29 is 19.1 Å². The van der Waals surface area contributed by atoms with Gasteiger partial charge in [0.25, 0.3) is 5.91 Å². The van der Waals surface area contributed by atoms with E-state index in [2.05, 4.69) is 12.2 Å². The topological polar surface area (TPSA) is 64.6 Å². The molecular weight excluding hydrogens is 445 g/mol. The van der Waals surface area contributed by atoms with Crippen LogP contribution in [0.1, 0.15) is 70.7 Å². The van der Waals surface area contributed by atoms with Gasteiger partial charge in [0, 0.05) is 10.4 Å². The number of thiophene rings is 1. The maximum Gasteiger partial charge on any atom is 0.341 e. The summed E-state index contributed by atoms with van der Waals surface area (Å²) >= 11 is 14.1. The molecule has 2 aromatic rings. The standard InChI is InChI=1S/C22H25Cl2NO4S/c1-3-5-6-10-29-19-15(23)11-13(12-16(19)24)20(26)25-21-18(22(27)28-4-2)14-8-7-9-17(14)30-21/h11-12H,3-10H2,1-2H3,(H,25,26). The van der Waals surface area contributed by atoms with Crippen LogP contribution < -0.4 is 10.1 Å². The molecule has 1 aromatic heterocycles. The number of anilines is 1. The van der Waals surface area contributed by atoms with Crippen LogP contribution in [0.5, 0.6) is 5.75 Å². The van der Waals surface area contributed by atoms with Crippen molar-refractivity contribution in [1.82, 2.24) is 0 Å². The quantitative estimate of drug-likeness (QED) is 0.334. The lowest BCUT2D eigenvalue weighted by atomic mass is 10.1. The molecule has 1 aromatic carbocycles. The molecule has 0 aliphatic heterocycles. The largest absolute Gasteiger partial charge is 0.490 e. The van der Waals surface area contributed by atoms with E-state index in [0.717, 1.165) is 49.0 Å². The first-order valence-corrected chi connectivity index (χ1v) is 11.8. The molecule has 1 amide bonds. The van der Waals surface area contributed by atoms with Gasteiger partial charge in [0.05, 0.1) is 28.8 Å². The summed E-state index contributed by atoms with van der Waals surface area (Å²) in [6, 6.07) is 3.06. The summed E-state index contributed by atoms with van der Waals surface area (Å²) in [7, 11) is 0. The average Bonchev–Trinajstić information content (AvgIpc) is 3.27. The van der Waals surface area contributed by atoms with Crippen molar-refractivity contribution in [2.45, 2.75) is 52.4 Å². The van der Waals surface area contributed by atoms with Crippen LogP contribution in [0.3, 0.4) is 0 Å². The smallest absolute Gasteiger partial charge is 0.341 e. The lowest BCUT2D eigenvalue weighted by molar-refractivity contribution is 0.0527. The number of amides is 1. The molecule has 0 unspecified atom stereocenters. The van der Waals surface area contributed by atoms with Crippen LogP contribution in [0.4, 0.5) is 5.00 Å². The van der Waals surface area contributed by atoms with E-state index >= 15 is 0 Å². The van der Waals surface area contributed by atoms with Crippen molar-refractivity contribution in [3.63, 3.8) is 0 Å². The minimum Gasteiger partial charge on any atom is -0.490 e. The Labute approximate surface area is 190 Å². The third-order valence-electron chi connectivity index (χ3n) is 4.88. The van der Waals surface area contributed by atoms with Gasteiger partial charge >= 0.3 is 5.97 Å². The van der Waals surface area contributed by atoms with Crippen LogP contribution in [-0.4, -0.2) is 25.1 Å². The molecule has 0 fully saturated rings. The van der Waals surface area contributed by atoms with E-state index in [1.54, 1.807) is 6.92 Å². The number of esters is 1. The van der Waals surface area contributed by atoms with Gasteiger partial charge in [-0.05, 0) is 50.3 Å². The summed E-state index contributed by atoms with van der Waals surface area (Å²) in [6.07, 6.45) is 5.78. The van der Waals surface area contributed by atoms with Crippen LogP contribution in [-0.2, 0) is 17.6 Å². The van der Waals surface area contributed by atoms with Gasteiger partial charge in [0.15, 0.2) is 5.75 Å². The van der Waals surface area contributed by atoms with Crippen LogP contribution >= 0.6 is 34.5 Å². The number of carbonyl (C=O) groups is 2. The summed E-state index contributed by atoms with van der Waals surface area (Å²) in [5.41, 5.74) is 1.76. The van der Waals surface area contributed by atoms with Gasteiger partial charge in [-0.1, -0.05) is 43.0 Å². The Morgan fingerprint density at radius 2 is 1.87 bits per heavy atom. The van der Waals surface area contributed by atoms with Crippen LogP contribution in [0.25, 0.3) is 0 Å². The third kappa shape index (κ3) is 5.10. The highest BCUT2D eigenvalue weighted by Gasteiger charge is 2.28. The second-order valence-electron chi connectivity index (χ2n) is 7.06. The van der Waals surface area contributed by atoms with Gasteiger partial charge in [-0.2, -0.15) is 0 Å². The molecule has 1 heterocycles. The Morgan fingerprint density at radius 3 is 2.53 bits per heavy atom. The molecule has 0 radical (unpaired) electrons. The Kier molecular flexibility index (Phi) is 8.03. The molecule has 1 aliphatic carbocycles. The minimum absolute atomic E-state index is 0.280. The third-order valence-corrected chi connectivity index (χ3v) is 6.65. The molecule has 0 bridgehead atoms. The molecule has 0 saturated carbocycles. The normalized spacial score (nSPS) is 12.5. The Morgan fingerprint density at radius 1 is 1.13 bits per heavy atom. The van der Waals surface area contributed by atoms with E-state index < -0.39 is 5.97 Å². The number of unbranched alkanes of at least 4 members (excludes halogenated alkanes) is 2. The number of nitrogens with one attached hydrogen (secondary N) is 1. The Hall–Kier alpha value is -1.76. The van der Waals surface area contributed by atoms with Crippen LogP contribution in [0.2, 0.25) is 10.0 Å². The van der Waals surface area contributed by atoms with Crippen molar-refractivity contribution in [3.8, 4) is 5.75 Å². The van der Waals surface area contributed by atoms with Crippen LogP contribution in [0, 0.1) is 0 Å². The summed E-state index contributed by atoms with van der Waals surface area (Å²) < 4.78 is 10.9. The predicted octanol–water partition coefficient (Wildman–Crippen LogP) is 6.54. The molecule has 8 heteroatoms. The molecule has 0 saturated heterocycles. The van der Waals surface area contributed by atoms with Crippen molar-refractivity contribution in [3.05, 3.63) is 43.7 Å². The molecule has 30 heavy (non-hydrogen) atoms. The maximum absolute atomic E-state index is 12.9. The van der Waals surface area contributed by atoms with Gasteiger partial charge in [-0.3, -0.25) is 4.79 Å². The second-order valence-corrected chi connectivity index (χ2v) is 8.98. The molecule has 0 atom stereocenters. The lowest BCUT2D eigenvalue weighted by Gasteiger charge is -2.12. The van der Waals surface area contributed by atoms with E-state index in [4.69, 9.17) is 32.7 Å².